The first-order chi connectivity index (χ1) is 12.7. The summed E-state index contributed by atoms with van der Waals surface area (Å²) in [5, 5.41) is 12.7. The van der Waals surface area contributed by atoms with Gasteiger partial charge in [0.1, 0.15) is 6.61 Å². The van der Waals surface area contributed by atoms with E-state index in [4.69, 9.17) is 24.3 Å². The highest BCUT2D eigenvalue weighted by atomic mass is 16.7. The number of hydrogen-bond acceptors (Lipinski definition) is 7. The maximum Gasteiger partial charge on any atom is 0.347 e. The van der Waals surface area contributed by atoms with Gasteiger partial charge in [0.25, 0.3) is 0 Å². The van der Waals surface area contributed by atoms with Crippen LogP contribution in [0.25, 0.3) is 0 Å². The van der Waals surface area contributed by atoms with Crippen LogP contribution in [0.4, 0.5) is 0 Å². The molecule has 1 aliphatic rings. The van der Waals surface area contributed by atoms with Crippen molar-refractivity contribution in [1.82, 2.24) is 0 Å². The third kappa shape index (κ3) is 4.30. The number of nitrogens with zero attached hydrogens (tertiary/aromatic N) is 2. The number of rotatable bonds is 6. The summed E-state index contributed by atoms with van der Waals surface area (Å²) >= 11 is 0. The zero-order valence-corrected chi connectivity index (χ0v) is 14.1. The maximum absolute atomic E-state index is 11.7. The van der Waals surface area contributed by atoms with Gasteiger partial charge in [-0.05, 0) is 42.8 Å². The molecule has 1 heterocycles. The van der Waals surface area contributed by atoms with Gasteiger partial charge in [0.2, 0.25) is 13.4 Å². The summed E-state index contributed by atoms with van der Waals surface area (Å²) in [6.45, 7) is 1.78. The van der Waals surface area contributed by atoms with Crippen molar-refractivity contribution in [2.24, 2.45) is 5.16 Å². The van der Waals surface area contributed by atoms with Crippen LogP contribution in [-0.4, -0.2) is 25.1 Å². The lowest BCUT2D eigenvalue weighted by molar-refractivity contribution is -0.150. The lowest BCUT2D eigenvalue weighted by Crippen LogP contribution is -2.11. The van der Waals surface area contributed by atoms with Gasteiger partial charge < -0.3 is 19.0 Å². The van der Waals surface area contributed by atoms with Crippen molar-refractivity contribution in [3.05, 3.63) is 59.2 Å². The Balaban J connectivity index is 1.46. The molecule has 3 rings (SSSR count). The number of ether oxygens (including phenoxy) is 3. The molecule has 0 aromatic heterocycles. The molecule has 0 fully saturated rings. The molecule has 7 heteroatoms. The normalized spacial score (nSPS) is 12.4. The minimum Gasteiger partial charge on any atom is -0.458 e. The smallest absolute Gasteiger partial charge is 0.347 e. The number of fused-ring (bicyclic) bond motifs is 1. The summed E-state index contributed by atoms with van der Waals surface area (Å²) in [7, 11) is 0. The van der Waals surface area contributed by atoms with Crippen LogP contribution in [0.1, 0.15) is 23.6 Å². The minimum absolute atomic E-state index is 0.110. The molecule has 2 aromatic rings. The first-order valence-electron chi connectivity index (χ1n) is 7.87. The fourth-order valence-electron chi connectivity index (χ4n) is 2.24. The first kappa shape index (κ1) is 17.3. The molecule has 0 unspecified atom stereocenters. The molecule has 0 bridgehead atoms. The third-order valence-corrected chi connectivity index (χ3v) is 3.66. The lowest BCUT2D eigenvalue weighted by atomic mass is 10.1. The number of oxime groups is 1. The van der Waals surface area contributed by atoms with Gasteiger partial charge in [0, 0.05) is 5.56 Å². The van der Waals surface area contributed by atoms with Crippen molar-refractivity contribution in [1.29, 1.82) is 5.26 Å². The number of carbonyl (C=O) groups is 1. The molecule has 0 aliphatic carbocycles. The van der Waals surface area contributed by atoms with Gasteiger partial charge in [-0.3, -0.25) is 0 Å². The van der Waals surface area contributed by atoms with Crippen LogP contribution >= 0.6 is 0 Å². The van der Waals surface area contributed by atoms with Gasteiger partial charge in [0.15, 0.2) is 11.5 Å². The van der Waals surface area contributed by atoms with Gasteiger partial charge in [-0.1, -0.05) is 17.3 Å². The minimum atomic E-state index is -0.531. The van der Waals surface area contributed by atoms with Gasteiger partial charge in [-0.25, -0.2) is 4.79 Å². The van der Waals surface area contributed by atoms with Crippen LogP contribution in [0.5, 0.6) is 11.5 Å². The van der Waals surface area contributed by atoms with E-state index in [0.29, 0.717) is 22.8 Å². The van der Waals surface area contributed by atoms with Crippen molar-refractivity contribution < 1.29 is 23.8 Å². The van der Waals surface area contributed by atoms with Crippen molar-refractivity contribution in [3.63, 3.8) is 0 Å². The van der Waals surface area contributed by atoms with Crippen LogP contribution in [0.2, 0.25) is 0 Å². The molecule has 0 saturated carbocycles. The fourth-order valence-corrected chi connectivity index (χ4v) is 2.24. The highest BCUT2D eigenvalue weighted by Gasteiger charge is 2.14. The quantitative estimate of drug-likeness (QED) is 0.451. The predicted molar refractivity (Wildman–Crippen MR) is 91.7 cm³/mol. The molecule has 0 atom stereocenters. The van der Waals surface area contributed by atoms with Crippen LogP contribution < -0.4 is 9.47 Å². The van der Waals surface area contributed by atoms with E-state index in [2.05, 4.69) is 5.16 Å². The molecule has 0 amide bonds. The van der Waals surface area contributed by atoms with Gasteiger partial charge in [-0.2, -0.15) is 5.26 Å². The average molecular weight is 352 g/mol. The second-order valence-corrected chi connectivity index (χ2v) is 5.49. The second kappa shape index (κ2) is 8.03. The van der Waals surface area contributed by atoms with Gasteiger partial charge >= 0.3 is 5.97 Å². The highest BCUT2D eigenvalue weighted by Crippen LogP contribution is 2.32. The van der Waals surface area contributed by atoms with Gasteiger partial charge in [0.05, 0.1) is 17.3 Å². The average Bonchev–Trinajstić information content (AvgIpc) is 3.14. The molecule has 26 heavy (non-hydrogen) atoms. The second-order valence-electron chi connectivity index (χ2n) is 5.49. The van der Waals surface area contributed by atoms with Crippen LogP contribution in [0, 0.1) is 11.3 Å². The number of benzene rings is 2. The van der Waals surface area contributed by atoms with Gasteiger partial charge in [-0.15, -0.1) is 0 Å². The van der Waals surface area contributed by atoms with Crippen molar-refractivity contribution in [2.45, 2.75) is 13.5 Å². The largest absolute Gasteiger partial charge is 0.458 e. The molecule has 0 saturated heterocycles. The molecular formula is C19H16N2O5. The zero-order valence-electron chi connectivity index (χ0n) is 14.1. The summed E-state index contributed by atoms with van der Waals surface area (Å²) in [6, 6.07) is 14.2. The van der Waals surface area contributed by atoms with E-state index in [9.17, 15) is 4.79 Å². The molecule has 7 nitrogen and oxygen atoms in total. The lowest BCUT2D eigenvalue weighted by Gasteiger charge is -2.05. The van der Waals surface area contributed by atoms with E-state index in [0.717, 1.165) is 11.1 Å². The number of nitriles is 1. The summed E-state index contributed by atoms with van der Waals surface area (Å²) in [5.41, 5.74) is 2.75. The Morgan fingerprint density at radius 2 is 1.96 bits per heavy atom. The summed E-state index contributed by atoms with van der Waals surface area (Å²) in [5.74, 6) is 0.810. The first-order valence-corrected chi connectivity index (χ1v) is 7.87. The van der Waals surface area contributed by atoms with E-state index in [1.54, 1.807) is 43.3 Å². The Morgan fingerprint density at radius 1 is 1.19 bits per heavy atom. The summed E-state index contributed by atoms with van der Waals surface area (Å²) in [6.07, 6.45) is 0. The molecule has 2 aromatic carbocycles. The summed E-state index contributed by atoms with van der Waals surface area (Å²) < 4.78 is 15.7. The molecule has 0 radical (unpaired) electrons. The van der Waals surface area contributed by atoms with Crippen LogP contribution in [0.3, 0.4) is 0 Å². The van der Waals surface area contributed by atoms with Crippen LogP contribution in [0.15, 0.2) is 47.6 Å². The van der Waals surface area contributed by atoms with Crippen molar-refractivity contribution >= 4 is 11.7 Å². The number of carbonyl (C=O) groups excluding carboxylic acids is 1. The maximum atomic E-state index is 11.7. The predicted octanol–water partition coefficient (Wildman–Crippen LogP) is 2.77. The summed E-state index contributed by atoms with van der Waals surface area (Å²) in [4.78, 5) is 16.8. The Morgan fingerprint density at radius 3 is 2.73 bits per heavy atom. The van der Waals surface area contributed by atoms with Crippen LogP contribution in [-0.2, 0) is 21.0 Å². The number of hydrogen-bond donors (Lipinski definition) is 0. The Kier molecular flexibility index (Phi) is 5.34. The van der Waals surface area contributed by atoms with Crippen molar-refractivity contribution in [3.8, 4) is 17.6 Å². The molecular weight excluding hydrogens is 336 g/mol. The molecule has 0 N–H and O–H groups in total. The SMILES string of the molecule is C/C(=N\OCC(=O)OCc1ccc(C#N)cc1)c1ccc2c(c1)OCO2. The Hall–Kier alpha value is -3.53. The van der Waals surface area contributed by atoms with E-state index < -0.39 is 5.97 Å². The van der Waals surface area contributed by atoms with E-state index in [1.165, 1.54) is 0 Å². The zero-order chi connectivity index (χ0) is 18.4. The molecule has 132 valence electrons. The molecule has 0 spiro atoms. The standard InChI is InChI=1S/C19H16N2O5/c1-13(16-6-7-17-18(8-16)25-12-24-17)21-26-11-19(22)23-10-15-4-2-14(9-20)3-5-15/h2-8H,10-12H2,1H3/b21-13+. The topological polar surface area (TPSA) is 90.1 Å². The third-order valence-electron chi connectivity index (χ3n) is 3.66. The monoisotopic (exact) mass is 352 g/mol. The Labute approximate surface area is 150 Å². The number of esters is 1. The van der Waals surface area contributed by atoms with E-state index in [-0.39, 0.29) is 20.0 Å². The fraction of sp³-hybridized carbons (Fsp3) is 0.211. The van der Waals surface area contributed by atoms with E-state index >= 15 is 0 Å². The van der Waals surface area contributed by atoms with Crippen molar-refractivity contribution in [2.75, 3.05) is 13.4 Å². The van der Waals surface area contributed by atoms with E-state index in [1.807, 2.05) is 12.1 Å². The highest BCUT2D eigenvalue weighted by molar-refractivity contribution is 5.99. The Bertz CT molecular complexity index is 868. The molecule has 1 aliphatic heterocycles.